The summed E-state index contributed by atoms with van der Waals surface area (Å²) in [6.07, 6.45) is 2.42. The Balaban J connectivity index is 1.91. The van der Waals surface area contributed by atoms with Crippen LogP contribution in [0.3, 0.4) is 0 Å². The van der Waals surface area contributed by atoms with Crippen molar-refractivity contribution in [1.29, 1.82) is 0 Å². The average Bonchev–Trinajstić information content (AvgIpc) is 2.53. The van der Waals surface area contributed by atoms with E-state index in [0.717, 1.165) is 11.5 Å². The maximum atomic E-state index is 10.7. The van der Waals surface area contributed by atoms with Crippen molar-refractivity contribution in [3.05, 3.63) is 23.2 Å². The smallest absolute Gasteiger partial charge is 0.371 e. The summed E-state index contributed by atoms with van der Waals surface area (Å²) in [6, 6.07) is 2.19. The van der Waals surface area contributed by atoms with Gasteiger partial charge in [-0.1, -0.05) is 6.92 Å². The lowest BCUT2D eigenvalue weighted by Crippen LogP contribution is -2.39. The molecule has 0 aromatic carbocycles. The topological polar surface area (TPSA) is 62.5 Å². The highest BCUT2D eigenvalue weighted by Crippen LogP contribution is 2.26. The molecule has 0 unspecified atom stereocenters. The second kappa shape index (κ2) is 4.29. The summed E-state index contributed by atoms with van der Waals surface area (Å²) in [4.78, 5) is 10.7. The van der Waals surface area contributed by atoms with E-state index in [-0.39, 0.29) is 5.76 Å². The summed E-state index contributed by atoms with van der Waals surface area (Å²) in [5.74, 6) is 0.526. The molecule has 1 aromatic rings. The second-order valence-corrected chi connectivity index (χ2v) is 4.65. The molecule has 4 heteroatoms. The van der Waals surface area contributed by atoms with E-state index in [2.05, 4.69) is 12.2 Å². The highest BCUT2D eigenvalue weighted by molar-refractivity contribution is 5.84. The number of hydrogen-bond acceptors (Lipinski definition) is 3. The van der Waals surface area contributed by atoms with Crippen LogP contribution in [0.5, 0.6) is 0 Å². The predicted molar refractivity (Wildman–Crippen MR) is 59.4 cm³/mol. The minimum Gasteiger partial charge on any atom is -0.475 e. The Kier molecular flexibility index (Phi) is 3.01. The van der Waals surface area contributed by atoms with Gasteiger partial charge >= 0.3 is 5.97 Å². The summed E-state index contributed by atoms with van der Waals surface area (Å²) in [7, 11) is 0. The van der Waals surface area contributed by atoms with Crippen molar-refractivity contribution in [3.8, 4) is 0 Å². The number of carboxylic acid groups (broad SMARTS) is 1. The Labute approximate surface area is 94.6 Å². The molecule has 1 aliphatic carbocycles. The maximum Gasteiger partial charge on any atom is 0.371 e. The number of aromatic carboxylic acids is 1. The predicted octanol–water partition coefficient (Wildman–Crippen LogP) is 2.17. The molecule has 2 rings (SSSR count). The molecule has 0 aliphatic heterocycles. The van der Waals surface area contributed by atoms with Gasteiger partial charge in [0.1, 0.15) is 5.76 Å². The zero-order valence-corrected chi connectivity index (χ0v) is 9.62. The molecule has 1 aliphatic rings. The van der Waals surface area contributed by atoms with Crippen LogP contribution in [0.2, 0.25) is 0 Å². The fourth-order valence-corrected chi connectivity index (χ4v) is 2.12. The summed E-state index contributed by atoms with van der Waals surface area (Å²) < 4.78 is 5.14. The lowest BCUT2D eigenvalue weighted by molar-refractivity contribution is 0.0661. The van der Waals surface area contributed by atoms with Gasteiger partial charge in [0.25, 0.3) is 0 Å². The zero-order chi connectivity index (χ0) is 11.7. The van der Waals surface area contributed by atoms with E-state index in [1.165, 1.54) is 12.8 Å². The molecule has 4 nitrogen and oxygen atoms in total. The summed E-state index contributed by atoms with van der Waals surface area (Å²) in [5, 5.41) is 12.2. The van der Waals surface area contributed by atoms with E-state index in [0.29, 0.717) is 18.3 Å². The van der Waals surface area contributed by atoms with Crippen LogP contribution in [0, 0.1) is 12.8 Å². The molecule has 0 bridgehead atoms. The van der Waals surface area contributed by atoms with Gasteiger partial charge in [0.15, 0.2) is 0 Å². The Morgan fingerprint density at radius 3 is 2.81 bits per heavy atom. The minimum atomic E-state index is -1.01. The van der Waals surface area contributed by atoms with Crippen LogP contribution in [0.1, 0.15) is 41.6 Å². The SMILES string of the molecule is Cc1oc(C(=O)O)cc1CNC1CC(C)C1. The van der Waals surface area contributed by atoms with Crippen molar-refractivity contribution in [2.24, 2.45) is 5.92 Å². The van der Waals surface area contributed by atoms with Crippen molar-refractivity contribution < 1.29 is 14.3 Å². The van der Waals surface area contributed by atoms with Gasteiger partial charge in [0.2, 0.25) is 5.76 Å². The quantitative estimate of drug-likeness (QED) is 0.821. The first-order valence-corrected chi connectivity index (χ1v) is 5.62. The molecule has 0 saturated heterocycles. The summed E-state index contributed by atoms with van der Waals surface area (Å²) in [5.41, 5.74) is 0.942. The van der Waals surface area contributed by atoms with Crippen LogP contribution in [-0.2, 0) is 6.54 Å². The number of aryl methyl sites for hydroxylation is 1. The number of furan rings is 1. The van der Waals surface area contributed by atoms with Crippen LogP contribution in [0.15, 0.2) is 10.5 Å². The Morgan fingerprint density at radius 1 is 1.62 bits per heavy atom. The fourth-order valence-electron chi connectivity index (χ4n) is 2.12. The molecular formula is C12H17NO3. The Bertz CT molecular complexity index is 391. The summed E-state index contributed by atoms with van der Waals surface area (Å²) in [6.45, 7) is 4.73. The van der Waals surface area contributed by atoms with Crippen LogP contribution in [0.25, 0.3) is 0 Å². The van der Waals surface area contributed by atoms with Crippen LogP contribution >= 0.6 is 0 Å². The number of carbonyl (C=O) groups is 1. The van der Waals surface area contributed by atoms with E-state index in [1.807, 2.05) is 0 Å². The van der Waals surface area contributed by atoms with Gasteiger partial charge in [-0.3, -0.25) is 0 Å². The molecule has 1 heterocycles. The van der Waals surface area contributed by atoms with E-state index in [1.54, 1.807) is 13.0 Å². The first kappa shape index (κ1) is 11.2. The number of hydrogen-bond donors (Lipinski definition) is 2. The molecule has 88 valence electrons. The van der Waals surface area contributed by atoms with Gasteiger partial charge in [-0.05, 0) is 31.7 Å². The number of rotatable bonds is 4. The third-order valence-electron chi connectivity index (χ3n) is 3.19. The van der Waals surface area contributed by atoms with E-state index >= 15 is 0 Å². The second-order valence-electron chi connectivity index (χ2n) is 4.65. The molecule has 16 heavy (non-hydrogen) atoms. The normalized spacial score (nSPS) is 24.1. The Morgan fingerprint density at radius 2 is 2.31 bits per heavy atom. The number of carboxylic acids is 1. The maximum absolute atomic E-state index is 10.7. The van der Waals surface area contributed by atoms with Gasteiger partial charge in [0, 0.05) is 18.2 Å². The van der Waals surface area contributed by atoms with Crippen molar-refractivity contribution in [3.63, 3.8) is 0 Å². The molecule has 2 N–H and O–H groups in total. The van der Waals surface area contributed by atoms with Gasteiger partial charge < -0.3 is 14.8 Å². The van der Waals surface area contributed by atoms with E-state index in [4.69, 9.17) is 9.52 Å². The van der Waals surface area contributed by atoms with Gasteiger partial charge in [-0.25, -0.2) is 4.79 Å². The van der Waals surface area contributed by atoms with Gasteiger partial charge in [-0.2, -0.15) is 0 Å². The standard InChI is InChI=1S/C12H17NO3/c1-7-3-10(4-7)13-6-9-5-11(12(14)15)16-8(9)2/h5,7,10,13H,3-4,6H2,1-2H3,(H,14,15). The van der Waals surface area contributed by atoms with Crippen molar-refractivity contribution in [2.45, 2.75) is 39.3 Å². The van der Waals surface area contributed by atoms with Crippen molar-refractivity contribution in [1.82, 2.24) is 5.32 Å². The molecule has 0 radical (unpaired) electrons. The van der Waals surface area contributed by atoms with Gasteiger partial charge in [0.05, 0.1) is 0 Å². The molecule has 1 aromatic heterocycles. The summed E-state index contributed by atoms with van der Waals surface area (Å²) >= 11 is 0. The lowest BCUT2D eigenvalue weighted by Gasteiger charge is -2.33. The molecule has 0 spiro atoms. The molecule has 1 fully saturated rings. The van der Waals surface area contributed by atoms with Crippen molar-refractivity contribution >= 4 is 5.97 Å². The van der Waals surface area contributed by atoms with E-state index in [9.17, 15) is 4.79 Å². The molecule has 0 atom stereocenters. The Hall–Kier alpha value is -1.29. The van der Waals surface area contributed by atoms with E-state index < -0.39 is 5.97 Å². The molecule has 1 saturated carbocycles. The van der Waals surface area contributed by atoms with Crippen LogP contribution in [-0.4, -0.2) is 17.1 Å². The van der Waals surface area contributed by atoms with Gasteiger partial charge in [-0.15, -0.1) is 0 Å². The van der Waals surface area contributed by atoms with Crippen LogP contribution in [0.4, 0.5) is 0 Å². The van der Waals surface area contributed by atoms with Crippen molar-refractivity contribution in [2.75, 3.05) is 0 Å². The zero-order valence-electron chi connectivity index (χ0n) is 9.62. The monoisotopic (exact) mass is 223 g/mol. The minimum absolute atomic E-state index is 0.0243. The third-order valence-corrected chi connectivity index (χ3v) is 3.19. The first-order chi connectivity index (χ1) is 7.56. The average molecular weight is 223 g/mol. The number of nitrogens with one attached hydrogen (secondary N) is 1. The first-order valence-electron chi connectivity index (χ1n) is 5.62. The van der Waals surface area contributed by atoms with Crippen LogP contribution < -0.4 is 5.32 Å². The highest BCUT2D eigenvalue weighted by Gasteiger charge is 2.25. The molecular weight excluding hydrogens is 206 g/mol. The largest absolute Gasteiger partial charge is 0.475 e. The third kappa shape index (κ3) is 2.27. The highest BCUT2D eigenvalue weighted by atomic mass is 16.4. The lowest BCUT2D eigenvalue weighted by atomic mass is 9.82. The fraction of sp³-hybridized carbons (Fsp3) is 0.583. The molecule has 0 amide bonds.